The molecular formula is C26H28F6N2O3. The summed E-state index contributed by atoms with van der Waals surface area (Å²) in [6.07, 6.45) is -5.09. The predicted molar refractivity (Wildman–Crippen MR) is 126 cm³/mol. The second kappa shape index (κ2) is 11.7. The number of amides is 1. The SMILES string of the molecule is C=CNC(CC(C)C)C(=O)N[C@@H](CC(=O)O)c1c(F)c(-c2c(C)cc(C)cc2F)cc(C(F)(F)F)c1F. The van der Waals surface area contributed by atoms with Crippen molar-refractivity contribution in [2.24, 2.45) is 5.92 Å². The zero-order chi connectivity index (χ0) is 28.2. The Labute approximate surface area is 210 Å². The molecule has 0 radical (unpaired) electrons. The molecule has 0 aliphatic heterocycles. The molecule has 2 aromatic rings. The molecule has 1 unspecified atom stereocenters. The first-order valence-electron chi connectivity index (χ1n) is 11.3. The number of aryl methyl sites for hydroxylation is 2. The first-order chi connectivity index (χ1) is 17.1. The molecule has 0 aromatic heterocycles. The first kappa shape index (κ1) is 29.7. The van der Waals surface area contributed by atoms with Crippen LogP contribution in [0.4, 0.5) is 26.3 Å². The second-order valence-corrected chi connectivity index (χ2v) is 9.16. The molecule has 202 valence electrons. The Morgan fingerprint density at radius 3 is 2.19 bits per heavy atom. The third kappa shape index (κ3) is 7.05. The van der Waals surface area contributed by atoms with Crippen molar-refractivity contribution in [3.05, 3.63) is 70.7 Å². The Morgan fingerprint density at radius 1 is 1.08 bits per heavy atom. The van der Waals surface area contributed by atoms with Crippen LogP contribution in [0.1, 0.15) is 55.0 Å². The molecule has 37 heavy (non-hydrogen) atoms. The highest BCUT2D eigenvalue weighted by molar-refractivity contribution is 5.83. The van der Waals surface area contributed by atoms with Gasteiger partial charge >= 0.3 is 12.1 Å². The third-order valence-corrected chi connectivity index (χ3v) is 5.63. The molecule has 5 nitrogen and oxygen atoms in total. The number of alkyl halides is 3. The van der Waals surface area contributed by atoms with Gasteiger partial charge in [0.1, 0.15) is 23.5 Å². The van der Waals surface area contributed by atoms with Gasteiger partial charge in [0.2, 0.25) is 5.91 Å². The van der Waals surface area contributed by atoms with Crippen LogP contribution in [0.5, 0.6) is 0 Å². The molecule has 11 heteroatoms. The lowest BCUT2D eigenvalue weighted by atomic mass is 9.90. The number of carboxylic acids is 1. The number of halogens is 6. The maximum absolute atomic E-state index is 15.8. The predicted octanol–water partition coefficient (Wildman–Crippen LogP) is 6.19. The van der Waals surface area contributed by atoms with Gasteiger partial charge in [-0.1, -0.05) is 26.5 Å². The summed E-state index contributed by atoms with van der Waals surface area (Å²) in [6.45, 7) is 9.86. The van der Waals surface area contributed by atoms with E-state index in [0.717, 1.165) is 6.07 Å². The van der Waals surface area contributed by atoms with Gasteiger partial charge in [0.25, 0.3) is 0 Å². The minimum Gasteiger partial charge on any atom is -0.481 e. The Bertz CT molecular complexity index is 1170. The summed E-state index contributed by atoms with van der Waals surface area (Å²) in [6, 6.07) is -0.521. The smallest absolute Gasteiger partial charge is 0.419 e. The summed E-state index contributed by atoms with van der Waals surface area (Å²) in [5.74, 6) is -7.36. The summed E-state index contributed by atoms with van der Waals surface area (Å²) in [5, 5.41) is 14.1. The molecule has 2 aromatic carbocycles. The van der Waals surface area contributed by atoms with Gasteiger partial charge in [-0.05, 0) is 55.6 Å². The van der Waals surface area contributed by atoms with E-state index in [9.17, 15) is 32.3 Å². The Kier molecular flexibility index (Phi) is 9.40. The van der Waals surface area contributed by atoms with Gasteiger partial charge in [0, 0.05) is 16.7 Å². The molecule has 0 spiro atoms. The quantitative estimate of drug-likeness (QED) is 0.321. The van der Waals surface area contributed by atoms with Gasteiger partial charge < -0.3 is 15.7 Å². The van der Waals surface area contributed by atoms with Crippen molar-refractivity contribution >= 4 is 11.9 Å². The van der Waals surface area contributed by atoms with Crippen molar-refractivity contribution in [2.45, 2.75) is 58.8 Å². The van der Waals surface area contributed by atoms with E-state index in [0.29, 0.717) is 5.56 Å². The van der Waals surface area contributed by atoms with Gasteiger partial charge in [-0.3, -0.25) is 9.59 Å². The summed E-state index contributed by atoms with van der Waals surface area (Å²) < 4.78 is 87.3. The Hall–Kier alpha value is -3.50. The van der Waals surface area contributed by atoms with E-state index in [-0.39, 0.29) is 24.0 Å². The fourth-order valence-corrected chi connectivity index (χ4v) is 4.15. The molecule has 2 rings (SSSR count). The summed E-state index contributed by atoms with van der Waals surface area (Å²) in [4.78, 5) is 24.4. The number of rotatable bonds is 10. The van der Waals surface area contributed by atoms with Crippen LogP contribution in [0, 0.1) is 37.2 Å². The zero-order valence-electron chi connectivity index (χ0n) is 20.7. The van der Waals surface area contributed by atoms with Crippen LogP contribution in [-0.4, -0.2) is 23.0 Å². The van der Waals surface area contributed by atoms with Gasteiger partial charge in [-0.25, -0.2) is 13.2 Å². The van der Waals surface area contributed by atoms with Crippen molar-refractivity contribution in [3.63, 3.8) is 0 Å². The summed E-state index contributed by atoms with van der Waals surface area (Å²) in [7, 11) is 0. The molecule has 2 atom stereocenters. The normalized spacial score (nSPS) is 13.3. The second-order valence-electron chi connectivity index (χ2n) is 9.16. The molecule has 0 bridgehead atoms. The van der Waals surface area contributed by atoms with Crippen molar-refractivity contribution in [1.29, 1.82) is 0 Å². The minimum atomic E-state index is -5.33. The number of hydrogen-bond donors (Lipinski definition) is 3. The van der Waals surface area contributed by atoms with Gasteiger partial charge in [-0.2, -0.15) is 13.2 Å². The number of benzene rings is 2. The van der Waals surface area contributed by atoms with Crippen LogP contribution >= 0.6 is 0 Å². The van der Waals surface area contributed by atoms with Crippen LogP contribution in [0.25, 0.3) is 11.1 Å². The van der Waals surface area contributed by atoms with E-state index in [1.807, 2.05) is 0 Å². The maximum atomic E-state index is 15.8. The fourth-order valence-electron chi connectivity index (χ4n) is 4.15. The number of nitrogens with one attached hydrogen (secondary N) is 2. The highest BCUT2D eigenvalue weighted by Crippen LogP contribution is 2.42. The summed E-state index contributed by atoms with van der Waals surface area (Å²) in [5.41, 5.74) is -4.21. The average molecular weight is 531 g/mol. The maximum Gasteiger partial charge on any atom is 0.419 e. The minimum absolute atomic E-state index is 0.0535. The molecule has 0 fully saturated rings. The van der Waals surface area contributed by atoms with E-state index < -0.39 is 76.3 Å². The van der Waals surface area contributed by atoms with Crippen molar-refractivity contribution in [2.75, 3.05) is 0 Å². The van der Waals surface area contributed by atoms with E-state index >= 15 is 8.78 Å². The van der Waals surface area contributed by atoms with E-state index in [1.165, 1.54) is 26.1 Å². The highest BCUT2D eigenvalue weighted by atomic mass is 19.4. The lowest BCUT2D eigenvalue weighted by Gasteiger charge is -2.26. The molecule has 0 saturated heterocycles. The fraction of sp³-hybridized carbons (Fsp3) is 0.385. The molecule has 0 aliphatic carbocycles. The summed E-state index contributed by atoms with van der Waals surface area (Å²) >= 11 is 0. The molecule has 3 N–H and O–H groups in total. The molecule has 0 aliphatic rings. The van der Waals surface area contributed by atoms with Gasteiger partial charge in [-0.15, -0.1) is 0 Å². The van der Waals surface area contributed by atoms with Crippen molar-refractivity contribution in [3.8, 4) is 11.1 Å². The number of aliphatic carboxylic acids is 1. The lowest BCUT2D eigenvalue weighted by molar-refractivity contribution is -0.140. The topological polar surface area (TPSA) is 78.4 Å². The number of carboxylic acid groups (broad SMARTS) is 1. The molecule has 0 saturated carbocycles. The van der Waals surface area contributed by atoms with E-state index in [2.05, 4.69) is 17.2 Å². The number of hydrogen-bond acceptors (Lipinski definition) is 3. The van der Waals surface area contributed by atoms with Crippen molar-refractivity contribution < 1.29 is 41.0 Å². The van der Waals surface area contributed by atoms with Crippen LogP contribution in [0.15, 0.2) is 31.0 Å². The van der Waals surface area contributed by atoms with Crippen molar-refractivity contribution in [1.82, 2.24) is 10.6 Å². The van der Waals surface area contributed by atoms with Gasteiger partial charge in [0.05, 0.1) is 18.0 Å². The Morgan fingerprint density at radius 2 is 1.70 bits per heavy atom. The van der Waals surface area contributed by atoms with E-state index in [4.69, 9.17) is 0 Å². The number of carbonyl (C=O) groups excluding carboxylic acids is 1. The third-order valence-electron chi connectivity index (χ3n) is 5.63. The highest BCUT2D eigenvalue weighted by Gasteiger charge is 2.40. The molecular weight excluding hydrogens is 502 g/mol. The first-order valence-corrected chi connectivity index (χ1v) is 11.3. The van der Waals surface area contributed by atoms with Crippen LogP contribution in [0.3, 0.4) is 0 Å². The van der Waals surface area contributed by atoms with E-state index in [1.54, 1.807) is 13.8 Å². The number of carbonyl (C=O) groups is 2. The molecule has 0 heterocycles. The van der Waals surface area contributed by atoms with Crippen LogP contribution in [0.2, 0.25) is 0 Å². The average Bonchev–Trinajstić information content (AvgIpc) is 2.72. The molecule has 1 amide bonds. The van der Waals surface area contributed by atoms with Crippen LogP contribution in [-0.2, 0) is 15.8 Å². The lowest BCUT2D eigenvalue weighted by Crippen LogP contribution is -2.45. The standard InChI is InChI=1S/C26H28F6N2O3/c1-6-33-19(7-12(2)3)25(37)34-18(11-20(35)36)22-23(28)15(10-16(24(22)29)26(30,31)32)21-14(5)8-13(4)9-17(21)27/h6,8-10,12,18-19,33H,1,7,11H2,2-5H3,(H,34,37)(H,35,36)/t18-,19?/m0/s1. The largest absolute Gasteiger partial charge is 0.481 e. The van der Waals surface area contributed by atoms with Crippen LogP contribution < -0.4 is 10.6 Å². The Balaban J connectivity index is 2.82. The zero-order valence-corrected chi connectivity index (χ0v) is 20.7. The van der Waals surface area contributed by atoms with Gasteiger partial charge in [0.15, 0.2) is 0 Å². The monoisotopic (exact) mass is 530 g/mol.